The molecule has 12 nitrogen and oxygen atoms in total. The molecule has 206 valence electrons. The van der Waals surface area contributed by atoms with Gasteiger partial charge < -0.3 is 14.3 Å². The fraction of sp³-hybridized carbons (Fsp3) is 0.280. The number of allylic oxidation sites excluding steroid dienone is 2. The summed E-state index contributed by atoms with van der Waals surface area (Å²) >= 11 is 0.828. The molecule has 0 amide bonds. The van der Waals surface area contributed by atoms with E-state index in [9.17, 15) is 22.9 Å². The molecular formula is C25H26N2O10S2+2. The molecule has 1 aromatic heterocycles. The van der Waals surface area contributed by atoms with Crippen molar-refractivity contribution in [2.24, 2.45) is 7.05 Å². The molecule has 0 aliphatic carbocycles. The summed E-state index contributed by atoms with van der Waals surface area (Å²) in [4.78, 5) is 12.8. The van der Waals surface area contributed by atoms with Gasteiger partial charge in [0.2, 0.25) is 5.58 Å². The predicted molar refractivity (Wildman–Crippen MR) is 139 cm³/mol. The van der Waals surface area contributed by atoms with E-state index in [2.05, 4.69) is 9.37 Å². The van der Waals surface area contributed by atoms with Crippen LogP contribution in [0.25, 0.3) is 17.2 Å². The average Bonchev–Trinajstić information content (AvgIpc) is 3.35. The summed E-state index contributed by atoms with van der Waals surface area (Å²) in [7, 11) is -2.70. The molecule has 14 heteroatoms. The molecule has 0 radical (unpaired) electrons. The number of quaternary nitrogens is 1. The molecule has 2 atom stereocenters. The first kappa shape index (κ1) is 27.3. The van der Waals surface area contributed by atoms with Gasteiger partial charge in [-0.15, -0.1) is 4.33 Å². The van der Waals surface area contributed by atoms with E-state index in [1.54, 1.807) is 30.4 Å². The molecule has 1 fully saturated rings. The second-order valence-electron chi connectivity index (χ2n) is 9.37. The van der Waals surface area contributed by atoms with Crippen molar-refractivity contribution in [3.05, 3.63) is 59.8 Å². The molecule has 0 saturated carbocycles. The summed E-state index contributed by atoms with van der Waals surface area (Å²) in [5.74, 6) is 0.161. The molecule has 1 saturated heterocycles. The SMILES string of the molecule is CC(=Cc1oc2ccc(SOOO)cc2[n+]1C)C=C1Oc2ccc(S(=O)(=O)O)cc2[N+]12CCCCC2C(=O)O. The number of aromatic nitrogens is 1. The number of fused-ring (bicyclic) bond motifs is 3. The van der Waals surface area contributed by atoms with Gasteiger partial charge in [-0.25, -0.2) is 14.5 Å². The second-order valence-corrected chi connectivity index (χ2v) is 11.6. The highest BCUT2D eigenvalue weighted by atomic mass is 32.2. The van der Waals surface area contributed by atoms with Crippen LogP contribution < -0.4 is 13.8 Å². The lowest BCUT2D eigenvalue weighted by atomic mass is 9.97. The van der Waals surface area contributed by atoms with Crippen LogP contribution in [0.5, 0.6) is 5.75 Å². The van der Waals surface area contributed by atoms with Gasteiger partial charge in [0, 0.05) is 29.5 Å². The fourth-order valence-electron chi connectivity index (χ4n) is 5.26. The monoisotopic (exact) mass is 578 g/mol. The summed E-state index contributed by atoms with van der Waals surface area (Å²) < 4.78 is 51.7. The summed E-state index contributed by atoms with van der Waals surface area (Å²) in [5, 5.41) is 22.2. The van der Waals surface area contributed by atoms with Gasteiger partial charge in [0.1, 0.15) is 11.9 Å². The Morgan fingerprint density at radius 3 is 2.74 bits per heavy atom. The Morgan fingerprint density at radius 2 is 2.03 bits per heavy atom. The molecule has 2 aromatic carbocycles. The molecule has 3 N–H and O–H groups in total. The third-order valence-electron chi connectivity index (χ3n) is 7.02. The largest absolute Gasteiger partial charge is 0.477 e. The number of oxazole rings is 1. The van der Waals surface area contributed by atoms with Gasteiger partial charge in [-0.2, -0.15) is 13.0 Å². The lowest BCUT2D eigenvalue weighted by Crippen LogP contribution is -2.60. The van der Waals surface area contributed by atoms with Crippen molar-refractivity contribution in [1.82, 2.24) is 4.48 Å². The predicted octanol–water partition coefficient (Wildman–Crippen LogP) is 4.21. The number of carboxylic acid groups (broad SMARTS) is 1. The van der Waals surface area contributed by atoms with Crippen LogP contribution in [0.2, 0.25) is 0 Å². The van der Waals surface area contributed by atoms with Gasteiger partial charge in [-0.3, -0.25) is 4.55 Å². The number of hydrogen-bond acceptors (Lipinski definition) is 9. The molecule has 2 aliphatic rings. The maximum Gasteiger partial charge on any atom is 0.374 e. The second kappa shape index (κ2) is 10.4. The van der Waals surface area contributed by atoms with Crippen LogP contribution >= 0.6 is 12.0 Å². The summed E-state index contributed by atoms with van der Waals surface area (Å²) in [6.07, 6.45) is 5.29. The van der Waals surface area contributed by atoms with Crippen molar-refractivity contribution >= 4 is 51.0 Å². The molecule has 3 heterocycles. The minimum atomic E-state index is -4.51. The molecule has 39 heavy (non-hydrogen) atoms. The molecule has 1 spiro atoms. The minimum Gasteiger partial charge on any atom is -0.477 e. The van der Waals surface area contributed by atoms with Gasteiger partial charge in [0.05, 0.1) is 24.7 Å². The Morgan fingerprint density at radius 1 is 1.23 bits per heavy atom. The number of hydrogen-bond donors (Lipinski definition) is 3. The van der Waals surface area contributed by atoms with E-state index in [1.807, 2.05) is 18.5 Å². The number of carbonyl (C=O) groups is 1. The van der Waals surface area contributed by atoms with Gasteiger partial charge in [-0.1, -0.05) is 5.04 Å². The third kappa shape index (κ3) is 4.96. The Hall–Kier alpha value is -3.24. The van der Waals surface area contributed by atoms with Crippen LogP contribution in [0.15, 0.2) is 68.1 Å². The van der Waals surface area contributed by atoms with Crippen molar-refractivity contribution in [3.8, 4) is 5.75 Å². The van der Waals surface area contributed by atoms with Crippen LogP contribution in [-0.2, 0) is 31.3 Å². The number of aryl methyl sites for hydroxylation is 1. The van der Waals surface area contributed by atoms with Crippen LogP contribution in [0.1, 0.15) is 32.1 Å². The van der Waals surface area contributed by atoms with Gasteiger partial charge in [-0.05, 0) is 49.6 Å². The zero-order chi connectivity index (χ0) is 27.9. The van der Waals surface area contributed by atoms with E-state index in [4.69, 9.17) is 14.4 Å². The van der Waals surface area contributed by atoms with E-state index >= 15 is 0 Å². The van der Waals surface area contributed by atoms with E-state index in [0.717, 1.165) is 17.6 Å². The Kier molecular flexibility index (Phi) is 7.28. The molecule has 5 rings (SSSR count). The molecule has 3 aromatic rings. The van der Waals surface area contributed by atoms with Crippen LogP contribution in [-0.4, -0.2) is 41.9 Å². The Labute approximate surface area is 227 Å². The highest BCUT2D eigenvalue weighted by molar-refractivity contribution is 7.94. The first-order valence-corrected chi connectivity index (χ1v) is 14.1. The fourth-order valence-corrected chi connectivity index (χ4v) is 6.15. The van der Waals surface area contributed by atoms with Gasteiger partial charge in [0.15, 0.2) is 17.5 Å². The van der Waals surface area contributed by atoms with E-state index in [-0.39, 0.29) is 9.38 Å². The first-order chi connectivity index (χ1) is 18.5. The van der Waals surface area contributed by atoms with Gasteiger partial charge >= 0.3 is 17.7 Å². The highest BCUT2D eigenvalue weighted by Crippen LogP contribution is 2.50. The lowest BCUT2D eigenvalue weighted by molar-refractivity contribution is -0.652. The topological polar surface area (TPSA) is 157 Å². The number of nitrogens with zero attached hydrogens (tertiary/aromatic N) is 2. The van der Waals surface area contributed by atoms with Crippen molar-refractivity contribution in [1.29, 1.82) is 0 Å². The summed E-state index contributed by atoms with van der Waals surface area (Å²) in [6, 6.07) is 8.34. The lowest BCUT2D eigenvalue weighted by Gasteiger charge is -2.40. The maximum absolute atomic E-state index is 12.4. The number of benzene rings is 2. The highest BCUT2D eigenvalue weighted by Gasteiger charge is 2.56. The quantitative estimate of drug-likeness (QED) is 0.0921. The third-order valence-corrected chi connectivity index (χ3v) is 8.45. The van der Waals surface area contributed by atoms with Crippen molar-refractivity contribution in [3.63, 3.8) is 0 Å². The Bertz CT molecular complexity index is 1630. The average molecular weight is 579 g/mol. The summed E-state index contributed by atoms with van der Waals surface area (Å²) in [6.45, 7) is 2.20. The van der Waals surface area contributed by atoms with Crippen LogP contribution in [0, 0.1) is 0 Å². The Balaban J connectivity index is 1.59. The first-order valence-electron chi connectivity index (χ1n) is 11.9. The standard InChI is InChI=1S/C25H24N2O10S2/c1-15(11-23-26(2)18-13-16(38-37-36-30)6-8-21(18)34-23)12-24-27(10-4-3-5-19(27)25(28)29)20-14-17(39(31,32)33)7-9-22(20)35-24/h6-9,11-14,19H,3-5,10H2,1-2H3,(H-2,28,29,30,31,32,33)/p+2. The normalized spacial score (nSPS) is 22.4. The van der Waals surface area contributed by atoms with Crippen LogP contribution in [0.4, 0.5) is 5.69 Å². The van der Waals surface area contributed by atoms with Crippen LogP contribution in [0.3, 0.4) is 0 Å². The van der Waals surface area contributed by atoms with Crippen molar-refractivity contribution < 1.29 is 51.2 Å². The van der Waals surface area contributed by atoms with Crippen molar-refractivity contribution in [2.75, 3.05) is 6.54 Å². The number of ether oxygens (including phenoxy) is 1. The number of piperidine rings is 1. The zero-order valence-corrected chi connectivity index (χ0v) is 22.6. The molecule has 2 unspecified atom stereocenters. The molecule has 0 bridgehead atoms. The minimum absolute atomic E-state index is 0.195. The van der Waals surface area contributed by atoms with E-state index in [1.165, 1.54) is 18.2 Å². The van der Waals surface area contributed by atoms with E-state index in [0.29, 0.717) is 65.1 Å². The van der Waals surface area contributed by atoms with Gasteiger partial charge in [0.25, 0.3) is 15.6 Å². The number of aliphatic carboxylic acids is 1. The maximum atomic E-state index is 12.4. The van der Waals surface area contributed by atoms with E-state index < -0.39 is 22.1 Å². The number of carboxylic acids is 1. The zero-order valence-electron chi connectivity index (χ0n) is 20.9. The molecular weight excluding hydrogens is 552 g/mol. The van der Waals surface area contributed by atoms with Crippen molar-refractivity contribution in [2.45, 2.75) is 42.0 Å². The molecule has 2 aliphatic heterocycles. The summed E-state index contributed by atoms with van der Waals surface area (Å²) in [5.41, 5.74) is 2.43. The smallest absolute Gasteiger partial charge is 0.374 e. The number of rotatable bonds is 7.